The number of nitrogens with one attached hydrogen (secondary N) is 2. The topological polar surface area (TPSA) is 105 Å². The highest BCUT2D eigenvalue weighted by Gasteiger charge is 2.24. The van der Waals surface area contributed by atoms with Crippen LogP contribution in [0.15, 0.2) is 57.9 Å². The van der Waals surface area contributed by atoms with E-state index in [1.807, 2.05) is 0 Å². The number of nitrogens with zero attached hydrogens (tertiary/aromatic N) is 1. The molecule has 1 aliphatic heterocycles. The van der Waals surface area contributed by atoms with Crippen molar-refractivity contribution in [1.29, 1.82) is 0 Å². The van der Waals surface area contributed by atoms with Gasteiger partial charge in [0.1, 0.15) is 0 Å². The molecule has 1 heterocycles. The average Bonchev–Trinajstić information content (AvgIpc) is 2.74. The van der Waals surface area contributed by atoms with Gasteiger partial charge in [0.2, 0.25) is 0 Å². The fourth-order valence-electron chi connectivity index (χ4n) is 3.16. The fourth-order valence-corrected chi connectivity index (χ4v) is 4.47. The minimum atomic E-state index is -3.77. The molecule has 8 nitrogen and oxygen atoms in total. The summed E-state index contributed by atoms with van der Waals surface area (Å²) in [5.74, 6) is -0.295. The summed E-state index contributed by atoms with van der Waals surface area (Å²) >= 11 is 3.27. The number of carbonyl (C=O) groups excluding carboxylic acids is 2. The van der Waals surface area contributed by atoms with Crippen LogP contribution in [0.4, 0.5) is 10.5 Å². The predicted octanol–water partition coefficient (Wildman–Crippen LogP) is 3.21. The smallest absolute Gasteiger partial charge is 0.409 e. The Kier molecular flexibility index (Phi) is 6.99. The molecule has 0 spiro atoms. The third-order valence-corrected chi connectivity index (χ3v) is 6.69. The van der Waals surface area contributed by atoms with Crippen molar-refractivity contribution in [1.82, 2.24) is 10.2 Å². The van der Waals surface area contributed by atoms with E-state index in [4.69, 9.17) is 4.74 Å². The summed E-state index contributed by atoms with van der Waals surface area (Å²) < 4.78 is 33.1. The van der Waals surface area contributed by atoms with E-state index in [-0.39, 0.29) is 22.9 Å². The number of anilines is 1. The molecule has 2 amide bonds. The van der Waals surface area contributed by atoms with Crippen molar-refractivity contribution >= 4 is 43.6 Å². The number of amides is 2. The lowest BCUT2D eigenvalue weighted by molar-refractivity contribution is 0.0892. The maximum atomic E-state index is 12.6. The molecule has 3 rings (SSSR count). The van der Waals surface area contributed by atoms with Gasteiger partial charge in [0, 0.05) is 34.9 Å². The van der Waals surface area contributed by atoms with E-state index in [1.54, 1.807) is 35.2 Å². The lowest BCUT2D eigenvalue weighted by Crippen LogP contribution is -2.46. The van der Waals surface area contributed by atoms with Crippen LogP contribution in [0.25, 0.3) is 0 Å². The Labute approximate surface area is 183 Å². The Morgan fingerprint density at radius 3 is 2.40 bits per heavy atom. The number of ether oxygens (including phenoxy) is 1. The number of rotatable bonds is 5. The first-order chi connectivity index (χ1) is 14.3. The standard InChI is InChI=1S/C20H22BrN3O5S/c1-29-20(26)24-11-9-16(10-12-24)22-19(25)14-3-2-4-17(13-14)23-30(27,28)18-7-5-15(21)6-8-18/h2-8,13,16,23H,9-12H2,1H3,(H,22,25). The van der Waals surface area contributed by atoms with Gasteiger partial charge in [0.15, 0.2) is 0 Å². The van der Waals surface area contributed by atoms with E-state index in [0.29, 0.717) is 37.2 Å². The molecule has 2 aromatic rings. The third kappa shape index (κ3) is 5.51. The summed E-state index contributed by atoms with van der Waals surface area (Å²) in [5, 5.41) is 2.94. The van der Waals surface area contributed by atoms with Gasteiger partial charge in [-0.25, -0.2) is 13.2 Å². The number of piperidine rings is 1. The summed E-state index contributed by atoms with van der Waals surface area (Å²) in [6.45, 7) is 1.01. The molecule has 1 saturated heterocycles. The zero-order valence-corrected chi connectivity index (χ0v) is 18.7. The molecule has 0 aliphatic carbocycles. The summed E-state index contributed by atoms with van der Waals surface area (Å²) in [7, 11) is -2.43. The molecule has 0 unspecified atom stereocenters. The third-order valence-electron chi connectivity index (χ3n) is 4.76. The number of likely N-dealkylation sites (tertiary alicyclic amines) is 1. The molecule has 2 aromatic carbocycles. The van der Waals surface area contributed by atoms with Crippen LogP contribution in [0, 0.1) is 0 Å². The van der Waals surface area contributed by atoms with Gasteiger partial charge in [-0.05, 0) is 55.3 Å². The first-order valence-electron chi connectivity index (χ1n) is 9.31. The molecular formula is C20H22BrN3O5S. The normalized spacial score (nSPS) is 14.8. The molecule has 10 heteroatoms. The highest BCUT2D eigenvalue weighted by molar-refractivity contribution is 9.10. The van der Waals surface area contributed by atoms with E-state index in [9.17, 15) is 18.0 Å². The Bertz CT molecular complexity index is 1020. The van der Waals surface area contributed by atoms with E-state index in [2.05, 4.69) is 26.0 Å². The van der Waals surface area contributed by atoms with Crippen LogP contribution >= 0.6 is 15.9 Å². The number of carbonyl (C=O) groups is 2. The van der Waals surface area contributed by atoms with Crippen molar-refractivity contribution in [3.63, 3.8) is 0 Å². The number of hydrogen-bond donors (Lipinski definition) is 2. The van der Waals surface area contributed by atoms with E-state index >= 15 is 0 Å². The summed E-state index contributed by atoms with van der Waals surface area (Å²) in [6, 6.07) is 12.5. The lowest BCUT2D eigenvalue weighted by Gasteiger charge is -2.31. The zero-order valence-electron chi connectivity index (χ0n) is 16.3. The Morgan fingerprint density at radius 2 is 1.77 bits per heavy atom. The number of benzene rings is 2. The second-order valence-electron chi connectivity index (χ2n) is 6.85. The van der Waals surface area contributed by atoms with Crippen molar-refractivity contribution < 1.29 is 22.7 Å². The van der Waals surface area contributed by atoms with Crippen LogP contribution in [0.5, 0.6) is 0 Å². The SMILES string of the molecule is COC(=O)N1CCC(NC(=O)c2cccc(NS(=O)(=O)c3ccc(Br)cc3)c2)CC1. The lowest BCUT2D eigenvalue weighted by atomic mass is 10.0. The first kappa shape index (κ1) is 22.1. The highest BCUT2D eigenvalue weighted by atomic mass is 79.9. The summed E-state index contributed by atoms with van der Waals surface area (Å²) in [6.07, 6.45) is 0.874. The van der Waals surface area contributed by atoms with Gasteiger partial charge in [-0.2, -0.15) is 0 Å². The van der Waals surface area contributed by atoms with Crippen molar-refractivity contribution in [2.24, 2.45) is 0 Å². The van der Waals surface area contributed by atoms with Crippen molar-refractivity contribution in [3.8, 4) is 0 Å². The minimum Gasteiger partial charge on any atom is -0.453 e. The second kappa shape index (κ2) is 9.48. The maximum Gasteiger partial charge on any atom is 0.409 e. The van der Waals surface area contributed by atoms with Crippen LogP contribution in [0.1, 0.15) is 23.2 Å². The zero-order chi connectivity index (χ0) is 21.7. The molecule has 1 aliphatic rings. The van der Waals surface area contributed by atoms with Crippen LogP contribution < -0.4 is 10.0 Å². The number of sulfonamides is 1. The first-order valence-corrected chi connectivity index (χ1v) is 11.6. The van der Waals surface area contributed by atoms with E-state index in [0.717, 1.165) is 4.47 Å². The van der Waals surface area contributed by atoms with Crippen molar-refractivity contribution in [3.05, 3.63) is 58.6 Å². The molecule has 0 saturated carbocycles. The van der Waals surface area contributed by atoms with Gasteiger partial charge >= 0.3 is 6.09 Å². The molecule has 30 heavy (non-hydrogen) atoms. The van der Waals surface area contributed by atoms with Gasteiger partial charge in [0.05, 0.1) is 12.0 Å². The quantitative estimate of drug-likeness (QED) is 0.662. The summed E-state index contributed by atoms with van der Waals surface area (Å²) in [5.41, 5.74) is 0.646. The minimum absolute atomic E-state index is 0.0680. The van der Waals surface area contributed by atoms with Gasteiger partial charge in [-0.15, -0.1) is 0 Å². The fraction of sp³-hybridized carbons (Fsp3) is 0.300. The second-order valence-corrected chi connectivity index (χ2v) is 9.44. The molecule has 160 valence electrons. The Balaban J connectivity index is 1.63. The molecule has 0 radical (unpaired) electrons. The summed E-state index contributed by atoms with van der Waals surface area (Å²) in [4.78, 5) is 25.9. The number of hydrogen-bond acceptors (Lipinski definition) is 5. The number of methoxy groups -OCH3 is 1. The Hall–Kier alpha value is -2.59. The van der Waals surface area contributed by atoms with E-state index < -0.39 is 10.0 Å². The molecule has 1 fully saturated rings. The average molecular weight is 496 g/mol. The van der Waals surface area contributed by atoms with Crippen LogP contribution in [0.3, 0.4) is 0 Å². The van der Waals surface area contributed by atoms with Gasteiger partial charge in [0.25, 0.3) is 15.9 Å². The predicted molar refractivity (Wildman–Crippen MR) is 116 cm³/mol. The van der Waals surface area contributed by atoms with Gasteiger partial charge in [-0.3, -0.25) is 9.52 Å². The van der Waals surface area contributed by atoms with Crippen molar-refractivity contribution in [2.75, 3.05) is 24.9 Å². The van der Waals surface area contributed by atoms with Gasteiger partial charge < -0.3 is 15.0 Å². The maximum absolute atomic E-state index is 12.6. The molecule has 0 aromatic heterocycles. The largest absolute Gasteiger partial charge is 0.453 e. The molecular weight excluding hydrogens is 474 g/mol. The molecule has 0 bridgehead atoms. The van der Waals surface area contributed by atoms with Crippen LogP contribution in [-0.4, -0.2) is 51.6 Å². The highest BCUT2D eigenvalue weighted by Crippen LogP contribution is 2.20. The molecule has 0 atom stereocenters. The molecule has 2 N–H and O–H groups in total. The van der Waals surface area contributed by atoms with E-state index in [1.165, 1.54) is 25.3 Å². The monoisotopic (exact) mass is 495 g/mol. The van der Waals surface area contributed by atoms with Crippen LogP contribution in [0.2, 0.25) is 0 Å². The van der Waals surface area contributed by atoms with Gasteiger partial charge in [-0.1, -0.05) is 22.0 Å². The Morgan fingerprint density at radius 1 is 1.10 bits per heavy atom. The van der Waals surface area contributed by atoms with Crippen LogP contribution in [-0.2, 0) is 14.8 Å². The number of halogens is 1. The van der Waals surface area contributed by atoms with Crippen molar-refractivity contribution in [2.45, 2.75) is 23.8 Å².